The van der Waals surface area contributed by atoms with Gasteiger partial charge in [-0.25, -0.2) is 24.9 Å². The smallest absolute Gasteiger partial charge is 0.181 e. The number of fused-ring (bicyclic) bond motifs is 1. The minimum atomic E-state index is -0.171. The lowest BCUT2D eigenvalue weighted by Gasteiger charge is -2.17. The van der Waals surface area contributed by atoms with Gasteiger partial charge in [0.05, 0.1) is 6.33 Å². The number of hydrogen-bond donors (Lipinski definition) is 1. The van der Waals surface area contributed by atoms with Crippen LogP contribution >= 0.6 is 23.4 Å². The molecular weight excluding hydrogens is 308 g/mol. The Labute approximate surface area is 130 Å². The summed E-state index contributed by atoms with van der Waals surface area (Å²) in [5.41, 5.74) is 1.24. The number of halogens is 1. The fraction of sp³-hybridized carbons (Fsp3) is 0.308. The van der Waals surface area contributed by atoms with E-state index in [0.717, 1.165) is 15.6 Å². The van der Waals surface area contributed by atoms with Crippen LogP contribution in [0.15, 0.2) is 28.8 Å². The monoisotopic (exact) mass is 320 g/mol. The average Bonchev–Trinajstić information content (AvgIpc) is 2.86. The molecule has 8 heteroatoms. The van der Waals surface area contributed by atoms with Crippen LogP contribution in [0, 0.1) is 0 Å². The second kappa shape index (κ2) is 5.23. The van der Waals surface area contributed by atoms with Gasteiger partial charge in [-0.2, -0.15) is 0 Å². The first-order chi connectivity index (χ1) is 9.93. The predicted octanol–water partition coefficient (Wildman–Crippen LogP) is 3.25. The predicted molar refractivity (Wildman–Crippen MR) is 81.5 cm³/mol. The zero-order valence-corrected chi connectivity index (χ0v) is 13.3. The maximum atomic E-state index is 6.10. The fourth-order valence-electron chi connectivity index (χ4n) is 1.70. The van der Waals surface area contributed by atoms with Gasteiger partial charge in [0, 0.05) is 11.5 Å². The number of H-pyrrole nitrogens is 1. The molecule has 0 spiro atoms. The molecule has 3 aromatic heterocycles. The molecule has 108 valence electrons. The topological polar surface area (TPSA) is 80.2 Å². The van der Waals surface area contributed by atoms with E-state index in [-0.39, 0.29) is 5.41 Å². The van der Waals surface area contributed by atoms with Crippen molar-refractivity contribution in [2.75, 3.05) is 0 Å². The molecule has 0 saturated carbocycles. The molecule has 1 N–H and O–H groups in total. The van der Waals surface area contributed by atoms with Crippen LogP contribution in [-0.2, 0) is 5.41 Å². The van der Waals surface area contributed by atoms with Crippen LogP contribution < -0.4 is 0 Å². The van der Waals surface area contributed by atoms with E-state index in [1.165, 1.54) is 18.1 Å². The molecule has 0 aromatic carbocycles. The van der Waals surface area contributed by atoms with Crippen molar-refractivity contribution >= 4 is 34.5 Å². The van der Waals surface area contributed by atoms with E-state index >= 15 is 0 Å². The first-order valence-electron chi connectivity index (χ1n) is 6.30. The fourth-order valence-corrected chi connectivity index (χ4v) is 2.80. The largest absolute Gasteiger partial charge is 0.341 e. The van der Waals surface area contributed by atoms with Crippen molar-refractivity contribution < 1.29 is 0 Å². The number of nitrogens with one attached hydrogen (secondary N) is 1. The SMILES string of the molecule is CC(C)(C)c1nc(Cl)cc(Sc2ncnc3nc[nH]c23)n1. The van der Waals surface area contributed by atoms with Crippen molar-refractivity contribution in [3.05, 3.63) is 29.7 Å². The van der Waals surface area contributed by atoms with Crippen molar-refractivity contribution in [2.45, 2.75) is 36.2 Å². The van der Waals surface area contributed by atoms with Gasteiger partial charge in [-0.3, -0.25) is 0 Å². The maximum Gasteiger partial charge on any atom is 0.181 e. The van der Waals surface area contributed by atoms with E-state index < -0.39 is 0 Å². The Hall–Kier alpha value is -1.73. The van der Waals surface area contributed by atoms with Crippen molar-refractivity contribution in [1.29, 1.82) is 0 Å². The molecular formula is C13H13ClN6S. The molecule has 0 bridgehead atoms. The molecule has 3 heterocycles. The van der Waals surface area contributed by atoms with Crippen molar-refractivity contribution in [2.24, 2.45) is 0 Å². The second-order valence-electron chi connectivity index (χ2n) is 5.48. The molecule has 0 radical (unpaired) electrons. The lowest BCUT2D eigenvalue weighted by molar-refractivity contribution is 0.538. The Balaban J connectivity index is 2.02. The minimum absolute atomic E-state index is 0.171. The average molecular weight is 321 g/mol. The summed E-state index contributed by atoms with van der Waals surface area (Å²) in [6.07, 6.45) is 3.08. The Bertz CT molecular complexity index is 795. The lowest BCUT2D eigenvalue weighted by Crippen LogP contribution is -2.16. The Morgan fingerprint density at radius 1 is 1.14 bits per heavy atom. The van der Waals surface area contributed by atoms with Crippen LogP contribution in [0.1, 0.15) is 26.6 Å². The van der Waals surface area contributed by atoms with Gasteiger partial charge in [-0.05, 0) is 11.8 Å². The highest BCUT2D eigenvalue weighted by Crippen LogP contribution is 2.31. The zero-order valence-electron chi connectivity index (χ0n) is 11.8. The number of aromatic nitrogens is 6. The van der Waals surface area contributed by atoms with Gasteiger partial charge >= 0.3 is 0 Å². The van der Waals surface area contributed by atoms with Crippen molar-refractivity contribution in [3.8, 4) is 0 Å². The number of imidazole rings is 1. The normalized spacial score (nSPS) is 12.0. The highest BCUT2D eigenvalue weighted by atomic mass is 35.5. The Morgan fingerprint density at radius 2 is 1.95 bits per heavy atom. The molecule has 0 aliphatic carbocycles. The molecule has 3 rings (SSSR count). The van der Waals surface area contributed by atoms with Gasteiger partial charge in [0.25, 0.3) is 0 Å². The van der Waals surface area contributed by atoms with Crippen molar-refractivity contribution in [3.63, 3.8) is 0 Å². The van der Waals surface area contributed by atoms with E-state index in [1.807, 2.05) is 20.8 Å². The first kappa shape index (κ1) is 14.2. The van der Waals surface area contributed by atoms with E-state index in [0.29, 0.717) is 16.6 Å². The number of nitrogens with zero attached hydrogens (tertiary/aromatic N) is 5. The van der Waals surface area contributed by atoms with Gasteiger partial charge < -0.3 is 4.98 Å². The summed E-state index contributed by atoms with van der Waals surface area (Å²) in [4.78, 5) is 24.4. The van der Waals surface area contributed by atoms with Gasteiger partial charge in [0.15, 0.2) is 5.65 Å². The van der Waals surface area contributed by atoms with Crippen LogP contribution in [0.4, 0.5) is 0 Å². The second-order valence-corrected chi connectivity index (χ2v) is 6.88. The molecule has 6 nitrogen and oxygen atoms in total. The lowest BCUT2D eigenvalue weighted by atomic mass is 9.96. The molecule has 0 atom stereocenters. The first-order valence-corrected chi connectivity index (χ1v) is 7.50. The highest BCUT2D eigenvalue weighted by molar-refractivity contribution is 7.99. The van der Waals surface area contributed by atoms with Gasteiger partial charge in [0.2, 0.25) is 0 Å². The van der Waals surface area contributed by atoms with Crippen LogP contribution in [0.3, 0.4) is 0 Å². The van der Waals surface area contributed by atoms with Crippen LogP contribution in [0.25, 0.3) is 11.2 Å². The summed E-state index contributed by atoms with van der Waals surface area (Å²) in [5, 5.41) is 1.92. The van der Waals surface area contributed by atoms with Crippen LogP contribution in [0.2, 0.25) is 5.15 Å². The van der Waals surface area contributed by atoms with E-state index in [9.17, 15) is 0 Å². The summed E-state index contributed by atoms with van der Waals surface area (Å²) in [5.74, 6) is 0.701. The molecule has 0 aliphatic rings. The third-order valence-electron chi connectivity index (χ3n) is 2.73. The maximum absolute atomic E-state index is 6.10. The van der Waals surface area contributed by atoms with Crippen LogP contribution in [-0.4, -0.2) is 29.9 Å². The Morgan fingerprint density at radius 3 is 2.71 bits per heavy atom. The Kier molecular flexibility index (Phi) is 3.54. The molecule has 0 unspecified atom stereocenters. The van der Waals surface area contributed by atoms with Gasteiger partial charge in [0.1, 0.15) is 32.9 Å². The standard InChI is InChI=1S/C13H13ClN6S/c1-13(2,3)12-19-7(14)4-8(20-12)21-11-9-10(16-5-15-9)17-6-18-11/h4-6H,1-3H3,(H,15,16,17,18). The molecule has 0 saturated heterocycles. The molecule has 0 amide bonds. The van der Waals surface area contributed by atoms with Gasteiger partial charge in [-0.15, -0.1) is 0 Å². The third-order valence-corrected chi connectivity index (χ3v) is 3.85. The summed E-state index contributed by atoms with van der Waals surface area (Å²) in [6.45, 7) is 6.14. The van der Waals surface area contributed by atoms with E-state index in [1.54, 1.807) is 12.4 Å². The van der Waals surface area contributed by atoms with E-state index in [4.69, 9.17) is 11.6 Å². The van der Waals surface area contributed by atoms with Gasteiger partial charge in [-0.1, -0.05) is 32.4 Å². The minimum Gasteiger partial charge on any atom is -0.341 e. The summed E-state index contributed by atoms with van der Waals surface area (Å²) < 4.78 is 0. The molecule has 21 heavy (non-hydrogen) atoms. The van der Waals surface area contributed by atoms with Crippen molar-refractivity contribution in [1.82, 2.24) is 29.9 Å². The van der Waals surface area contributed by atoms with Crippen LogP contribution in [0.5, 0.6) is 0 Å². The zero-order chi connectivity index (χ0) is 15.0. The molecule has 3 aromatic rings. The summed E-state index contributed by atoms with van der Waals surface area (Å²) >= 11 is 7.51. The molecule has 0 fully saturated rings. The van der Waals surface area contributed by atoms with E-state index in [2.05, 4.69) is 29.9 Å². The highest BCUT2D eigenvalue weighted by Gasteiger charge is 2.19. The number of hydrogen-bond acceptors (Lipinski definition) is 6. The number of aromatic amines is 1. The summed E-state index contributed by atoms with van der Waals surface area (Å²) in [7, 11) is 0. The third kappa shape index (κ3) is 2.98. The quantitative estimate of drug-likeness (QED) is 0.730. The summed E-state index contributed by atoms with van der Waals surface area (Å²) in [6, 6.07) is 1.73. The molecule has 0 aliphatic heterocycles. The number of rotatable bonds is 2.